The summed E-state index contributed by atoms with van der Waals surface area (Å²) >= 11 is 0. The van der Waals surface area contributed by atoms with Gasteiger partial charge in [0.25, 0.3) is 0 Å². The van der Waals surface area contributed by atoms with E-state index in [2.05, 4.69) is 12.2 Å². The Bertz CT molecular complexity index is 445. The van der Waals surface area contributed by atoms with E-state index in [4.69, 9.17) is 4.74 Å². The van der Waals surface area contributed by atoms with Crippen LogP contribution in [0.4, 0.5) is 14.5 Å². The first-order chi connectivity index (χ1) is 10.1. The summed E-state index contributed by atoms with van der Waals surface area (Å²) in [7, 11) is 0. The van der Waals surface area contributed by atoms with Crippen LogP contribution in [0.2, 0.25) is 0 Å². The van der Waals surface area contributed by atoms with Gasteiger partial charge in [-0.1, -0.05) is 6.92 Å². The van der Waals surface area contributed by atoms with Crippen molar-refractivity contribution in [1.82, 2.24) is 5.32 Å². The maximum atomic E-state index is 14.3. The van der Waals surface area contributed by atoms with Crippen LogP contribution in [-0.4, -0.2) is 32.3 Å². The van der Waals surface area contributed by atoms with Crippen molar-refractivity contribution in [2.75, 3.05) is 31.1 Å². The Labute approximate surface area is 125 Å². The molecule has 1 fully saturated rings. The van der Waals surface area contributed by atoms with Crippen molar-refractivity contribution in [3.8, 4) is 0 Å². The number of benzene rings is 1. The third-order valence-electron chi connectivity index (χ3n) is 3.60. The highest BCUT2D eigenvalue weighted by atomic mass is 19.1. The van der Waals surface area contributed by atoms with Gasteiger partial charge in [0.1, 0.15) is 17.3 Å². The van der Waals surface area contributed by atoms with Crippen LogP contribution in [0.3, 0.4) is 0 Å². The monoisotopic (exact) mass is 298 g/mol. The first-order valence-electron chi connectivity index (χ1n) is 7.67. The van der Waals surface area contributed by atoms with E-state index in [1.165, 1.54) is 12.1 Å². The van der Waals surface area contributed by atoms with Gasteiger partial charge in [-0.05, 0) is 44.0 Å². The molecule has 0 bridgehead atoms. The summed E-state index contributed by atoms with van der Waals surface area (Å²) in [5, 5.41) is 3.15. The van der Waals surface area contributed by atoms with Gasteiger partial charge < -0.3 is 15.0 Å². The number of hydrogen-bond donors (Lipinski definition) is 1. The molecule has 2 rings (SSSR count). The van der Waals surface area contributed by atoms with Gasteiger partial charge in [-0.3, -0.25) is 0 Å². The zero-order valence-electron chi connectivity index (χ0n) is 12.8. The molecule has 0 aliphatic carbocycles. The summed E-state index contributed by atoms with van der Waals surface area (Å²) in [5.41, 5.74) is 0.716. The molecule has 1 saturated heterocycles. The van der Waals surface area contributed by atoms with Crippen LogP contribution in [0.15, 0.2) is 12.1 Å². The van der Waals surface area contributed by atoms with Crippen LogP contribution in [0.25, 0.3) is 0 Å². The topological polar surface area (TPSA) is 24.5 Å². The highest BCUT2D eigenvalue weighted by Crippen LogP contribution is 2.26. The molecule has 1 aliphatic rings. The van der Waals surface area contributed by atoms with E-state index in [9.17, 15) is 8.78 Å². The fraction of sp³-hybridized carbons (Fsp3) is 0.625. The molecule has 1 aliphatic heterocycles. The second-order valence-electron chi connectivity index (χ2n) is 5.57. The normalized spacial score (nSPS) is 19.6. The predicted octanol–water partition coefficient (Wildman–Crippen LogP) is 3.08. The average molecular weight is 298 g/mol. The maximum Gasteiger partial charge on any atom is 0.149 e. The summed E-state index contributed by atoms with van der Waals surface area (Å²) in [6.45, 7) is 7.08. The zero-order chi connectivity index (χ0) is 15.2. The minimum Gasteiger partial charge on any atom is -0.377 e. The Hall–Kier alpha value is -1.20. The van der Waals surface area contributed by atoms with Crippen LogP contribution < -0.4 is 10.2 Å². The molecular weight excluding hydrogens is 274 g/mol. The second-order valence-corrected chi connectivity index (χ2v) is 5.57. The van der Waals surface area contributed by atoms with Crippen molar-refractivity contribution in [3.63, 3.8) is 0 Å². The van der Waals surface area contributed by atoms with Gasteiger partial charge in [0.15, 0.2) is 0 Å². The first-order valence-corrected chi connectivity index (χ1v) is 7.67. The molecule has 0 saturated carbocycles. The largest absolute Gasteiger partial charge is 0.377 e. The third-order valence-corrected chi connectivity index (χ3v) is 3.60. The molecule has 1 N–H and O–H groups in total. The van der Waals surface area contributed by atoms with E-state index in [-0.39, 0.29) is 11.8 Å². The third kappa shape index (κ3) is 4.38. The summed E-state index contributed by atoms with van der Waals surface area (Å²) in [6.07, 6.45) is 1.76. The first kappa shape index (κ1) is 16.2. The van der Waals surface area contributed by atoms with Crippen molar-refractivity contribution in [3.05, 3.63) is 29.3 Å². The van der Waals surface area contributed by atoms with Crippen LogP contribution in [0, 0.1) is 11.6 Å². The lowest BCUT2D eigenvalue weighted by Gasteiger charge is -2.25. The van der Waals surface area contributed by atoms with Gasteiger partial charge in [-0.2, -0.15) is 0 Å². The molecule has 21 heavy (non-hydrogen) atoms. The fourth-order valence-corrected chi connectivity index (χ4v) is 2.63. The van der Waals surface area contributed by atoms with E-state index >= 15 is 0 Å². The summed E-state index contributed by atoms with van der Waals surface area (Å²) in [6, 6.07) is 2.86. The van der Waals surface area contributed by atoms with Gasteiger partial charge >= 0.3 is 0 Å². The molecule has 0 amide bonds. The van der Waals surface area contributed by atoms with Crippen LogP contribution in [0.1, 0.15) is 32.3 Å². The van der Waals surface area contributed by atoms with Crippen LogP contribution in [-0.2, 0) is 11.3 Å². The van der Waals surface area contributed by atoms with Crippen molar-refractivity contribution in [2.45, 2.75) is 39.3 Å². The van der Waals surface area contributed by atoms with Gasteiger partial charge in [0.2, 0.25) is 0 Å². The molecule has 0 spiro atoms. The van der Waals surface area contributed by atoms with Gasteiger partial charge in [-0.15, -0.1) is 0 Å². The molecular formula is C16H24F2N2O. The van der Waals surface area contributed by atoms with Gasteiger partial charge in [0, 0.05) is 26.2 Å². The summed E-state index contributed by atoms with van der Waals surface area (Å²) in [5.74, 6) is -0.977. The Kier molecular flexibility index (Phi) is 5.94. The molecule has 1 atom stereocenters. The van der Waals surface area contributed by atoms with Gasteiger partial charge in [0.05, 0.1) is 6.10 Å². The lowest BCUT2D eigenvalue weighted by Crippen LogP contribution is -2.31. The van der Waals surface area contributed by atoms with E-state index in [1.807, 2.05) is 6.92 Å². The summed E-state index contributed by atoms with van der Waals surface area (Å²) < 4.78 is 34.2. The highest BCUT2D eigenvalue weighted by molar-refractivity contribution is 5.51. The number of rotatable bonds is 5. The number of nitrogens with one attached hydrogen (secondary N) is 1. The quantitative estimate of drug-likeness (QED) is 0.846. The number of nitrogens with zero attached hydrogens (tertiary/aromatic N) is 1. The van der Waals surface area contributed by atoms with Crippen LogP contribution in [0.5, 0.6) is 0 Å². The van der Waals surface area contributed by atoms with E-state index in [1.54, 1.807) is 4.90 Å². The lowest BCUT2D eigenvalue weighted by atomic mass is 10.1. The number of ether oxygens (including phenoxy) is 1. The van der Waals surface area contributed by atoms with Crippen molar-refractivity contribution >= 4 is 5.69 Å². The predicted molar refractivity (Wildman–Crippen MR) is 80.6 cm³/mol. The number of anilines is 1. The molecule has 5 heteroatoms. The molecule has 118 valence electrons. The minimum atomic E-state index is -0.489. The molecule has 1 aromatic carbocycles. The Morgan fingerprint density at radius 2 is 2.05 bits per heavy atom. The molecule has 1 aromatic rings. The standard InChI is InChI=1S/C16H24F2N2O/c1-3-5-19-10-13-8-14(17)16(15(18)9-13)20-6-4-7-21-12(2)11-20/h8-9,12,19H,3-7,10-11H2,1-2H3. The second kappa shape index (κ2) is 7.71. The smallest absolute Gasteiger partial charge is 0.149 e. The molecule has 0 radical (unpaired) electrons. The molecule has 0 aromatic heterocycles. The van der Waals surface area contributed by atoms with Gasteiger partial charge in [-0.25, -0.2) is 8.78 Å². The number of hydrogen-bond acceptors (Lipinski definition) is 3. The van der Waals surface area contributed by atoms with E-state index < -0.39 is 11.6 Å². The van der Waals surface area contributed by atoms with Crippen molar-refractivity contribution in [1.29, 1.82) is 0 Å². The fourth-order valence-electron chi connectivity index (χ4n) is 2.63. The zero-order valence-corrected chi connectivity index (χ0v) is 12.8. The van der Waals surface area contributed by atoms with Crippen molar-refractivity contribution in [2.24, 2.45) is 0 Å². The Morgan fingerprint density at radius 1 is 1.33 bits per heavy atom. The van der Waals surface area contributed by atoms with Crippen LogP contribution >= 0.6 is 0 Å². The molecule has 1 heterocycles. The average Bonchev–Trinajstić information content (AvgIpc) is 2.63. The van der Waals surface area contributed by atoms with Crippen molar-refractivity contribution < 1.29 is 13.5 Å². The SMILES string of the molecule is CCCNCc1cc(F)c(N2CCCOC(C)C2)c(F)c1. The molecule has 3 nitrogen and oxygen atoms in total. The minimum absolute atomic E-state index is 0.0165. The lowest BCUT2D eigenvalue weighted by molar-refractivity contribution is 0.0820. The Morgan fingerprint density at radius 3 is 2.71 bits per heavy atom. The summed E-state index contributed by atoms with van der Waals surface area (Å²) in [4.78, 5) is 1.76. The highest BCUT2D eigenvalue weighted by Gasteiger charge is 2.22. The Balaban J connectivity index is 2.15. The maximum absolute atomic E-state index is 14.3. The van der Waals surface area contributed by atoms with E-state index in [0.29, 0.717) is 31.8 Å². The molecule has 1 unspecified atom stereocenters. The van der Waals surface area contributed by atoms with E-state index in [0.717, 1.165) is 19.4 Å². The number of halogens is 2.